The number of halogens is 5. The molecule has 80 heavy (non-hydrogen) atoms. The van der Waals surface area contributed by atoms with Crippen LogP contribution in [0.3, 0.4) is 0 Å². The second kappa shape index (κ2) is 47.2. The average Bonchev–Trinajstić information content (AvgIpc) is 3.46. The van der Waals surface area contributed by atoms with Crippen LogP contribution in [0, 0.1) is 5.92 Å². The van der Waals surface area contributed by atoms with Gasteiger partial charge in [0.05, 0.1) is 52.8 Å². The van der Waals surface area contributed by atoms with Crippen LogP contribution in [-0.2, 0) is 42.8 Å². The van der Waals surface area contributed by atoms with Gasteiger partial charge in [0, 0.05) is 71.6 Å². The molecule has 0 aliphatic carbocycles. The molecule has 3 unspecified atom stereocenters. The maximum absolute atomic E-state index is 12.9. The molecular weight excluding hydrogens is 1360 g/mol. The van der Waals surface area contributed by atoms with E-state index in [9.17, 15) is 28.8 Å². The van der Waals surface area contributed by atoms with E-state index in [0.29, 0.717) is 87.8 Å². The Kier molecular flexibility index (Phi) is 45.2. The molecule has 3 aromatic carbocycles. The van der Waals surface area contributed by atoms with Crippen LogP contribution >= 0.6 is 76.0 Å². The van der Waals surface area contributed by atoms with E-state index in [1.807, 2.05) is 38.1 Å². The van der Waals surface area contributed by atoms with Gasteiger partial charge in [-0.2, -0.15) is 0 Å². The molecule has 0 radical (unpaired) electrons. The minimum Gasteiger partial charge on any atom is -0.491 e. The van der Waals surface area contributed by atoms with Crippen molar-refractivity contribution in [1.82, 2.24) is 0 Å². The third-order valence-corrected chi connectivity index (χ3v) is 15.3. The Bertz CT molecular complexity index is 2180. The van der Waals surface area contributed by atoms with Crippen molar-refractivity contribution in [3.8, 4) is 17.2 Å². The van der Waals surface area contributed by atoms with Crippen molar-refractivity contribution in [1.29, 1.82) is 0 Å². The van der Waals surface area contributed by atoms with E-state index in [1.165, 1.54) is 20.8 Å². The molecule has 0 fully saturated rings. The highest BCUT2D eigenvalue weighted by Gasteiger charge is 2.35. The Morgan fingerprint density at radius 3 is 1.19 bits per heavy atom. The highest BCUT2D eigenvalue weighted by atomic mass is 80.9. The van der Waals surface area contributed by atoms with Gasteiger partial charge in [-0.15, -0.1) is 0 Å². The zero-order valence-electron chi connectivity index (χ0n) is 48.4. The summed E-state index contributed by atoms with van der Waals surface area (Å²) in [6, 6.07) is 19.9. The van der Waals surface area contributed by atoms with Crippen LogP contribution in [0.15, 0.2) is 71.2 Å². The molecule has 0 N–H and O–H groups in total. The molecule has 0 saturated heterocycles. The van der Waals surface area contributed by atoms with Gasteiger partial charge in [0.1, 0.15) is 56.9 Å². The molecular formula is C60H87Br5O15. The first-order chi connectivity index (χ1) is 38.3. The summed E-state index contributed by atoms with van der Waals surface area (Å²) >= 11 is 16.3. The molecule has 15 nitrogen and oxygen atoms in total. The number of ketones is 3. The van der Waals surface area contributed by atoms with Crippen molar-refractivity contribution in [2.45, 2.75) is 148 Å². The van der Waals surface area contributed by atoms with Crippen LogP contribution in [0.5, 0.6) is 17.2 Å². The standard InChI is InChI=1S/C20H28Br2O5.C20H29BrO5.C20H30O5.Br2/c1-4-6-9-20(22,5-2)19(24)16-7-8-18(17(21)14-16)27-13-11-25-10-12-26-15(3)23;1-4-6-11-20(21,5-2)19(23)17-7-9-18(10-8-17)26-15-13-24-12-14-25-16(3)22;1-4-6-7-17(5-2)20(22)18-8-10-19(11-9-18)25-15-13-23-12-14-24-16(3)21;1-2/h7-8,14H,4-6,9-13H2,1-3H3;7-10H,4-6,11-15H2,1-3H3;8-11,17H,4-7,12-15H2,1-3H3;. The van der Waals surface area contributed by atoms with Crippen LogP contribution in [0.1, 0.15) is 170 Å². The van der Waals surface area contributed by atoms with Gasteiger partial charge in [-0.05, 0) is 121 Å². The normalized spacial score (nSPS) is 12.4. The molecule has 0 aliphatic heterocycles. The molecule has 3 aromatic rings. The van der Waals surface area contributed by atoms with Crippen molar-refractivity contribution in [3.63, 3.8) is 0 Å². The Balaban J connectivity index is 0.00000115. The number of Topliss-reactive ketones (excluding diaryl/α,β-unsaturated/α-hetero) is 3. The van der Waals surface area contributed by atoms with Gasteiger partial charge < -0.3 is 42.6 Å². The first kappa shape index (κ1) is 76.8. The van der Waals surface area contributed by atoms with E-state index in [4.69, 9.17) is 42.6 Å². The zero-order chi connectivity index (χ0) is 60.2. The zero-order valence-corrected chi connectivity index (χ0v) is 56.3. The molecule has 0 aromatic heterocycles. The van der Waals surface area contributed by atoms with E-state index in [2.05, 4.69) is 104 Å². The second-order valence-electron chi connectivity index (χ2n) is 18.2. The summed E-state index contributed by atoms with van der Waals surface area (Å²) in [6.07, 6.45) is 11.3. The van der Waals surface area contributed by atoms with Crippen molar-refractivity contribution in [2.75, 3.05) is 79.3 Å². The fourth-order valence-electron chi connectivity index (χ4n) is 7.40. The summed E-state index contributed by atoms with van der Waals surface area (Å²) in [6.45, 7) is 20.7. The Labute approximate surface area is 517 Å². The summed E-state index contributed by atoms with van der Waals surface area (Å²) < 4.78 is 46.8. The largest absolute Gasteiger partial charge is 0.491 e. The predicted molar refractivity (Wildman–Crippen MR) is 333 cm³/mol. The van der Waals surface area contributed by atoms with Gasteiger partial charge in [0.2, 0.25) is 0 Å². The van der Waals surface area contributed by atoms with Crippen molar-refractivity contribution < 1.29 is 71.4 Å². The summed E-state index contributed by atoms with van der Waals surface area (Å²) in [5.74, 6) is 1.65. The van der Waals surface area contributed by atoms with Gasteiger partial charge in [0.15, 0.2) is 17.3 Å². The quantitative estimate of drug-likeness (QED) is 0.0173. The SMILES string of the molecule is BrBr.CCCCC(Br)(CC)C(=O)c1ccc(OCCOCCOC(C)=O)c(Br)c1.CCCCC(Br)(CC)C(=O)c1ccc(OCCOCCOC(C)=O)cc1.CCCCC(CC)C(=O)c1ccc(OCCOCCOC(C)=O)cc1. The Morgan fingerprint density at radius 1 is 0.463 bits per heavy atom. The van der Waals surface area contributed by atoms with Crippen LogP contribution in [0.2, 0.25) is 0 Å². The van der Waals surface area contributed by atoms with Crippen LogP contribution < -0.4 is 14.2 Å². The number of benzene rings is 3. The number of ether oxygens (including phenoxy) is 9. The number of alkyl halides is 2. The maximum Gasteiger partial charge on any atom is 0.302 e. The van der Waals surface area contributed by atoms with Crippen LogP contribution in [0.4, 0.5) is 0 Å². The number of hydrogen-bond acceptors (Lipinski definition) is 15. The lowest BCUT2D eigenvalue weighted by Crippen LogP contribution is -2.31. The van der Waals surface area contributed by atoms with Gasteiger partial charge in [-0.1, -0.05) is 112 Å². The fourth-order valence-corrected chi connectivity index (χ4v) is 8.92. The first-order valence-electron chi connectivity index (χ1n) is 27.5. The minimum absolute atomic E-state index is 0.0968. The lowest BCUT2D eigenvalue weighted by Gasteiger charge is -2.24. The van der Waals surface area contributed by atoms with Crippen LogP contribution in [-0.4, -0.2) is 123 Å². The number of rotatable bonds is 39. The summed E-state index contributed by atoms with van der Waals surface area (Å²) in [4.78, 5) is 70.0. The summed E-state index contributed by atoms with van der Waals surface area (Å²) in [5, 5.41) is 0. The molecule has 452 valence electrons. The minimum atomic E-state index is -0.513. The molecule has 0 bridgehead atoms. The third kappa shape index (κ3) is 33.8. The number of carbonyl (C=O) groups excluding carboxylic acids is 6. The van der Waals surface area contributed by atoms with Crippen molar-refractivity contribution >= 4 is 111 Å². The lowest BCUT2D eigenvalue weighted by atomic mass is 9.90. The number of esters is 3. The maximum atomic E-state index is 12.9. The third-order valence-electron chi connectivity index (χ3n) is 12.1. The molecule has 20 heteroatoms. The number of hydrogen-bond donors (Lipinski definition) is 0. The van der Waals surface area contributed by atoms with Gasteiger partial charge in [-0.25, -0.2) is 0 Å². The van der Waals surface area contributed by atoms with Gasteiger partial charge in [0.25, 0.3) is 0 Å². The molecule has 3 atom stereocenters. The van der Waals surface area contributed by atoms with E-state index in [1.54, 1.807) is 42.5 Å². The predicted octanol–water partition coefficient (Wildman–Crippen LogP) is 15.6. The van der Waals surface area contributed by atoms with Gasteiger partial charge in [-0.3, -0.25) is 28.8 Å². The van der Waals surface area contributed by atoms with E-state index < -0.39 is 8.65 Å². The van der Waals surface area contributed by atoms with E-state index in [0.717, 1.165) is 87.1 Å². The monoisotopic (exact) mass is 1440 g/mol. The first-order valence-corrected chi connectivity index (χ1v) is 33.6. The van der Waals surface area contributed by atoms with Crippen molar-refractivity contribution in [3.05, 3.63) is 87.9 Å². The molecule has 0 aliphatic rings. The Morgan fingerprint density at radius 2 is 0.825 bits per heavy atom. The lowest BCUT2D eigenvalue weighted by molar-refractivity contribution is -0.143. The Hall–Kier alpha value is -3.24. The molecule has 0 amide bonds. The van der Waals surface area contributed by atoms with E-state index >= 15 is 0 Å². The smallest absolute Gasteiger partial charge is 0.302 e. The highest BCUT2D eigenvalue weighted by molar-refractivity contribution is 9.93. The van der Waals surface area contributed by atoms with E-state index in [-0.39, 0.29) is 61.0 Å². The topological polar surface area (TPSA) is 185 Å². The van der Waals surface area contributed by atoms with Gasteiger partial charge >= 0.3 is 17.9 Å². The summed E-state index contributed by atoms with van der Waals surface area (Å²) in [7, 11) is 0. The number of carbonyl (C=O) groups is 6. The molecule has 0 saturated carbocycles. The fraction of sp³-hybridized carbons (Fsp3) is 0.600. The number of unbranched alkanes of at least 4 members (excludes halogenated alkanes) is 3. The average molecular weight is 1450 g/mol. The highest BCUT2D eigenvalue weighted by Crippen LogP contribution is 2.36. The molecule has 0 spiro atoms. The molecule has 0 heterocycles. The molecule has 3 rings (SSSR count). The van der Waals surface area contributed by atoms with Crippen molar-refractivity contribution in [2.24, 2.45) is 5.92 Å². The second-order valence-corrected chi connectivity index (χ2v) is 22.1. The summed E-state index contributed by atoms with van der Waals surface area (Å²) in [5.41, 5.74) is 2.08. The van der Waals surface area contributed by atoms with Crippen LogP contribution in [0.25, 0.3) is 0 Å².